The molecule has 1 N–H and O–H groups in total. The number of benzene rings is 3. The second-order valence-corrected chi connectivity index (χ2v) is 8.50. The van der Waals surface area contributed by atoms with Gasteiger partial charge in [0, 0.05) is 6.04 Å². The number of sulfonamides is 1. The van der Waals surface area contributed by atoms with Crippen LogP contribution in [0.15, 0.2) is 59.5 Å². The lowest BCUT2D eigenvalue weighted by Gasteiger charge is -2.18. The molecule has 0 amide bonds. The average molecular weight is 430 g/mol. The molecule has 1 atom stereocenters. The quantitative estimate of drug-likeness (QED) is 0.534. The molecule has 3 aromatic carbocycles. The van der Waals surface area contributed by atoms with Crippen LogP contribution < -0.4 is 18.9 Å². The van der Waals surface area contributed by atoms with E-state index in [2.05, 4.69) is 4.72 Å². The van der Waals surface area contributed by atoms with Gasteiger partial charge in [-0.25, -0.2) is 13.1 Å². The van der Waals surface area contributed by atoms with Crippen molar-refractivity contribution in [2.24, 2.45) is 0 Å². The van der Waals surface area contributed by atoms with Crippen LogP contribution >= 0.6 is 0 Å². The zero-order chi connectivity index (χ0) is 21.7. The summed E-state index contributed by atoms with van der Waals surface area (Å²) in [5, 5.41) is 1.74. The Morgan fingerprint density at radius 2 is 1.53 bits per heavy atom. The van der Waals surface area contributed by atoms with Crippen molar-refractivity contribution in [1.82, 2.24) is 4.72 Å². The molecule has 0 saturated carbocycles. The van der Waals surface area contributed by atoms with Crippen LogP contribution in [0.4, 0.5) is 0 Å². The Morgan fingerprint density at radius 3 is 2.23 bits per heavy atom. The van der Waals surface area contributed by atoms with Gasteiger partial charge in [-0.05, 0) is 73.5 Å². The molecule has 3 rings (SSSR count). The van der Waals surface area contributed by atoms with E-state index in [1.54, 1.807) is 38.3 Å². The van der Waals surface area contributed by atoms with Gasteiger partial charge < -0.3 is 14.2 Å². The number of ether oxygens (including phenoxy) is 3. The second-order valence-electron chi connectivity index (χ2n) is 6.79. The van der Waals surface area contributed by atoms with Gasteiger partial charge in [0.05, 0.1) is 25.2 Å². The maximum atomic E-state index is 13.0. The van der Waals surface area contributed by atoms with Crippen molar-refractivity contribution in [2.75, 3.05) is 20.3 Å². The topological polar surface area (TPSA) is 73.9 Å². The van der Waals surface area contributed by atoms with E-state index in [9.17, 15) is 8.42 Å². The molecule has 30 heavy (non-hydrogen) atoms. The van der Waals surface area contributed by atoms with Gasteiger partial charge in [0.2, 0.25) is 10.0 Å². The van der Waals surface area contributed by atoms with Crippen LogP contribution in [0.2, 0.25) is 0 Å². The highest BCUT2D eigenvalue weighted by molar-refractivity contribution is 7.89. The highest BCUT2D eigenvalue weighted by Gasteiger charge is 2.20. The number of nitrogens with one attached hydrogen (secondary N) is 1. The average Bonchev–Trinajstić information content (AvgIpc) is 2.74. The van der Waals surface area contributed by atoms with Crippen molar-refractivity contribution in [2.45, 2.75) is 31.7 Å². The number of methoxy groups -OCH3 is 1. The first kappa shape index (κ1) is 21.9. The van der Waals surface area contributed by atoms with Crippen molar-refractivity contribution >= 4 is 20.8 Å². The first-order chi connectivity index (χ1) is 14.4. The van der Waals surface area contributed by atoms with E-state index in [0.29, 0.717) is 24.7 Å². The van der Waals surface area contributed by atoms with E-state index in [-0.39, 0.29) is 4.90 Å². The van der Waals surface area contributed by atoms with Crippen LogP contribution in [0, 0.1) is 0 Å². The minimum atomic E-state index is -3.71. The molecule has 0 fully saturated rings. The Bertz CT molecular complexity index is 1130. The third-order valence-electron chi connectivity index (χ3n) is 4.73. The number of fused-ring (bicyclic) bond motifs is 1. The lowest BCUT2D eigenvalue weighted by molar-refractivity contribution is 0.287. The SMILES string of the molecule is CCOc1ccc([C@@H](C)NS(=O)(=O)c2ccc3cc(OC)ccc3c2)cc1OCC. The Morgan fingerprint density at radius 1 is 0.867 bits per heavy atom. The van der Waals surface area contributed by atoms with Crippen LogP contribution in [-0.2, 0) is 10.0 Å². The largest absolute Gasteiger partial charge is 0.497 e. The summed E-state index contributed by atoms with van der Waals surface area (Å²) in [5.74, 6) is 1.97. The summed E-state index contributed by atoms with van der Waals surface area (Å²) in [6.07, 6.45) is 0. The zero-order valence-corrected chi connectivity index (χ0v) is 18.5. The summed E-state index contributed by atoms with van der Waals surface area (Å²) in [5.41, 5.74) is 0.788. The second kappa shape index (κ2) is 9.36. The van der Waals surface area contributed by atoms with Gasteiger partial charge in [0.15, 0.2) is 11.5 Å². The summed E-state index contributed by atoms with van der Waals surface area (Å²) < 4.78 is 45.1. The normalized spacial score (nSPS) is 12.5. The maximum absolute atomic E-state index is 13.0. The van der Waals surface area contributed by atoms with Crippen molar-refractivity contribution in [3.8, 4) is 17.2 Å². The minimum Gasteiger partial charge on any atom is -0.497 e. The van der Waals surface area contributed by atoms with E-state index >= 15 is 0 Å². The first-order valence-electron chi connectivity index (χ1n) is 9.87. The fourth-order valence-electron chi connectivity index (χ4n) is 3.20. The smallest absolute Gasteiger partial charge is 0.241 e. The summed E-state index contributed by atoms with van der Waals surface area (Å²) in [7, 11) is -2.11. The molecule has 0 radical (unpaired) electrons. The fourth-order valence-corrected chi connectivity index (χ4v) is 4.47. The molecule has 0 saturated heterocycles. The molecule has 0 aliphatic rings. The number of hydrogen-bond donors (Lipinski definition) is 1. The molecule has 3 aromatic rings. The number of rotatable bonds is 9. The molecule has 0 unspecified atom stereocenters. The van der Waals surface area contributed by atoms with Gasteiger partial charge in [-0.3, -0.25) is 0 Å². The van der Waals surface area contributed by atoms with Gasteiger partial charge in [0.25, 0.3) is 0 Å². The van der Waals surface area contributed by atoms with E-state index in [1.165, 1.54) is 0 Å². The van der Waals surface area contributed by atoms with Gasteiger partial charge >= 0.3 is 0 Å². The Labute approximate surface area is 177 Å². The van der Waals surface area contributed by atoms with Gasteiger partial charge in [0.1, 0.15) is 5.75 Å². The summed E-state index contributed by atoms with van der Waals surface area (Å²) in [4.78, 5) is 0.211. The lowest BCUT2D eigenvalue weighted by atomic mass is 10.1. The van der Waals surface area contributed by atoms with E-state index in [1.807, 2.05) is 44.2 Å². The first-order valence-corrected chi connectivity index (χ1v) is 11.4. The van der Waals surface area contributed by atoms with Crippen molar-refractivity contribution < 1.29 is 22.6 Å². The highest BCUT2D eigenvalue weighted by Crippen LogP contribution is 2.31. The summed E-state index contributed by atoms with van der Waals surface area (Å²) in [6, 6.07) is 15.6. The Kier molecular flexibility index (Phi) is 6.84. The zero-order valence-electron chi connectivity index (χ0n) is 17.6. The molecular weight excluding hydrogens is 402 g/mol. The van der Waals surface area contributed by atoms with E-state index in [0.717, 1.165) is 22.1 Å². The molecule has 0 spiro atoms. The maximum Gasteiger partial charge on any atom is 0.241 e. The molecule has 6 nitrogen and oxygen atoms in total. The third-order valence-corrected chi connectivity index (χ3v) is 6.27. The van der Waals surface area contributed by atoms with Crippen LogP contribution in [0.3, 0.4) is 0 Å². The summed E-state index contributed by atoms with van der Waals surface area (Å²) in [6.45, 7) is 6.61. The predicted molar refractivity (Wildman–Crippen MR) is 118 cm³/mol. The molecular formula is C23H27NO5S. The van der Waals surface area contributed by atoms with E-state index < -0.39 is 16.1 Å². The monoisotopic (exact) mass is 429 g/mol. The third kappa shape index (κ3) is 4.86. The standard InChI is InChI=1S/C23H27NO5S/c1-5-28-22-12-9-17(15-23(22)29-6-2)16(3)24-30(25,26)21-11-8-18-13-20(27-4)10-7-19(18)14-21/h7-16,24H,5-6H2,1-4H3/t16-/m1/s1. The fraction of sp³-hybridized carbons (Fsp3) is 0.304. The van der Waals surface area contributed by atoms with Gasteiger partial charge in [-0.15, -0.1) is 0 Å². The van der Waals surface area contributed by atoms with Crippen molar-refractivity contribution in [3.63, 3.8) is 0 Å². The minimum absolute atomic E-state index is 0.211. The molecule has 7 heteroatoms. The van der Waals surface area contributed by atoms with Crippen molar-refractivity contribution in [3.05, 3.63) is 60.2 Å². The van der Waals surface area contributed by atoms with E-state index in [4.69, 9.17) is 14.2 Å². The molecule has 0 aliphatic heterocycles. The van der Waals surface area contributed by atoms with Crippen LogP contribution in [-0.4, -0.2) is 28.7 Å². The Hall–Kier alpha value is -2.77. The highest BCUT2D eigenvalue weighted by atomic mass is 32.2. The van der Waals surface area contributed by atoms with Gasteiger partial charge in [-0.2, -0.15) is 0 Å². The lowest BCUT2D eigenvalue weighted by Crippen LogP contribution is -2.27. The van der Waals surface area contributed by atoms with Crippen LogP contribution in [0.5, 0.6) is 17.2 Å². The summed E-state index contributed by atoms with van der Waals surface area (Å²) >= 11 is 0. The molecule has 0 aliphatic carbocycles. The van der Waals surface area contributed by atoms with Gasteiger partial charge in [-0.1, -0.05) is 18.2 Å². The molecule has 0 aromatic heterocycles. The van der Waals surface area contributed by atoms with Crippen LogP contribution in [0.25, 0.3) is 10.8 Å². The Balaban J connectivity index is 1.85. The molecule has 0 bridgehead atoms. The molecule has 160 valence electrons. The van der Waals surface area contributed by atoms with Crippen LogP contribution in [0.1, 0.15) is 32.4 Å². The number of hydrogen-bond acceptors (Lipinski definition) is 5. The van der Waals surface area contributed by atoms with Crippen molar-refractivity contribution in [1.29, 1.82) is 0 Å². The predicted octanol–water partition coefficient (Wildman–Crippen LogP) is 4.69. The molecule has 0 heterocycles.